The van der Waals surface area contributed by atoms with Gasteiger partial charge in [-0.15, -0.1) is 0 Å². The molecule has 0 unspecified atom stereocenters. The average Bonchev–Trinajstić information content (AvgIpc) is 2.98. The molecule has 1 aliphatic heterocycles. The molecule has 46 heavy (non-hydrogen) atoms. The normalized spacial score (nSPS) is 21.0. The van der Waals surface area contributed by atoms with Crippen LogP contribution in [0.15, 0.2) is 24.4 Å². The van der Waals surface area contributed by atoms with E-state index in [1.165, 1.54) is 16.9 Å². The van der Waals surface area contributed by atoms with E-state index in [2.05, 4.69) is 11.9 Å². The molecule has 2 heterocycles. The maximum atomic E-state index is 15.7. The van der Waals surface area contributed by atoms with E-state index in [4.69, 9.17) is 14.2 Å². The minimum Gasteiger partial charge on any atom is -0.465 e. The summed E-state index contributed by atoms with van der Waals surface area (Å²) in [5.41, 5.74) is -1.78. The van der Waals surface area contributed by atoms with E-state index in [9.17, 15) is 31.5 Å². The number of hydrogen-bond acceptors (Lipinski definition) is 7. The van der Waals surface area contributed by atoms with Crippen LogP contribution in [0.5, 0.6) is 11.6 Å². The third-order valence-corrected chi connectivity index (χ3v) is 8.46. The second-order valence-electron chi connectivity index (χ2n) is 12.2. The number of ether oxygens (including phenoxy) is 3. The fourth-order valence-corrected chi connectivity index (χ4v) is 6.10. The number of pyridine rings is 1. The second kappa shape index (κ2) is 14.6. The monoisotopic (exact) mass is 659 g/mol. The van der Waals surface area contributed by atoms with Crippen molar-refractivity contribution in [2.24, 2.45) is 11.8 Å². The molecular weight excluding hydrogens is 620 g/mol. The maximum Gasteiger partial charge on any atom is 0.421 e. The van der Waals surface area contributed by atoms with Crippen molar-refractivity contribution in [3.8, 4) is 11.6 Å². The number of methoxy groups -OCH3 is 2. The van der Waals surface area contributed by atoms with Gasteiger partial charge in [0, 0.05) is 44.3 Å². The summed E-state index contributed by atoms with van der Waals surface area (Å²) in [4.78, 5) is 33.2. The van der Waals surface area contributed by atoms with Crippen LogP contribution in [-0.2, 0) is 27.0 Å². The van der Waals surface area contributed by atoms with E-state index in [0.717, 1.165) is 44.3 Å². The van der Waals surface area contributed by atoms with E-state index >= 15 is 4.39 Å². The lowest BCUT2D eigenvalue weighted by Crippen LogP contribution is -2.46. The van der Waals surface area contributed by atoms with Gasteiger partial charge in [-0.05, 0) is 63.1 Å². The summed E-state index contributed by atoms with van der Waals surface area (Å²) in [5, 5.41) is 0. The number of anilines is 1. The summed E-state index contributed by atoms with van der Waals surface area (Å²) in [7, 11) is 2.50. The molecule has 1 aromatic carbocycles. The molecule has 1 aliphatic carbocycles. The first kappa shape index (κ1) is 35.5. The molecule has 2 fully saturated rings. The molecule has 2 aliphatic rings. The van der Waals surface area contributed by atoms with Crippen LogP contribution in [0.4, 0.5) is 32.0 Å². The number of esters is 1. The number of alkyl halides is 5. The highest BCUT2D eigenvalue weighted by atomic mass is 19.4. The smallest absolute Gasteiger partial charge is 0.421 e. The fourth-order valence-electron chi connectivity index (χ4n) is 6.10. The highest BCUT2D eigenvalue weighted by Gasteiger charge is 2.39. The summed E-state index contributed by atoms with van der Waals surface area (Å²) in [6, 6.07) is 1.82. The third kappa shape index (κ3) is 8.49. The highest BCUT2D eigenvalue weighted by molar-refractivity contribution is 6.04. The van der Waals surface area contributed by atoms with Gasteiger partial charge in [0.15, 0.2) is 11.6 Å². The molecule has 0 spiro atoms. The zero-order valence-corrected chi connectivity index (χ0v) is 26.3. The number of likely N-dealkylation sites (tertiary alicyclic amines) is 1. The molecule has 0 N–H and O–H groups in total. The first-order valence-electron chi connectivity index (χ1n) is 15.2. The first-order chi connectivity index (χ1) is 21.6. The number of hydrogen-bond donors (Lipinski definition) is 0. The Kier molecular flexibility index (Phi) is 11.2. The second-order valence-corrected chi connectivity index (χ2v) is 12.2. The summed E-state index contributed by atoms with van der Waals surface area (Å²) in [6.07, 6.45) is -1.19. The van der Waals surface area contributed by atoms with Crippen LogP contribution in [0.25, 0.3) is 0 Å². The fraction of sp³-hybridized carbons (Fsp3) is 0.594. The third-order valence-electron chi connectivity index (χ3n) is 8.46. The SMILES string of the molecule is COC[C@H](C)N(c1cc(F)c(Oc2ncc(CN3CCCC(F)(F)C3)cc2C(F)(F)F)cc1C(=O)OC)C(=O)[C@H]1CC[C@H](C)CC1. The quantitative estimate of drug-likeness (QED) is 0.197. The lowest BCUT2D eigenvalue weighted by Gasteiger charge is -2.35. The summed E-state index contributed by atoms with van der Waals surface area (Å²) < 4.78 is 101. The molecule has 254 valence electrons. The number of rotatable bonds is 10. The molecule has 1 amide bonds. The van der Waals surface area contributed by atoms with Crippen LogP contribution in [0, 0.1) is 17.7 Å². The highest BCUT2D eigenvalue weighted by Crippen LogP contribution is 2.41. The van der Waals surface area contributed by atoms with Crippen molar-refractivity contribution < 1.29 is 50.1 Å². The molecule has 1 atom stereocenters. The van der Waals surface area contributed by atoms with Crippen molar-refractivity contribution in [2.75, 3.05) is 38.8 Å². The van der Waals surface area contributed by atoms with Gasteiger partial charge in [-0.25, -0.2) is 22.9 Å². The van der Waals surface area contributed by atoms with Gasteiger partial charge in [-0.3, -0.25) is 9.69 Å². The number of aromatic nitrogens is 1. The Labute approximate surface area is 264 Å². The standard InChI is InChI=1S/C32H39F6N3O5/c1-19-6-8-22(9-7-19)29(42)41(20(2)17-44-3)26-14-25(33)27(13-23(26)30(43)45-4)46-28-24(32(36,37)38)12-21(15-39-28)16-40-11-5-10-31(34,35)18-40/h12-15,19-20,22H,5-11,16-18H2,1-4H3/t19-,20-,22-/m0/s1. The Hall–Kier alpha value is -3.39. The Morgan fingerprint density at radius 2 is 1.83 bits per heavy atom. The number of carbonyl (C=O) groups is 2. The van der Waals surface area contributed by atoms with E-state index in [1.54, 1.807) is 6.92 Å². The predicted molar refractivity (Wildman–Crippen MR) is 156 cm³/mol. The van der Waals surface area contributed by atoms with Crippen LogP contribution in [0.3, 0.4) is 0 Å². The minimum atomic E-state index is -5.00. The predicted octanol–water partition coefficient (Wildman–Crippen LogP) is 7.24. The van der Waals surface area contributed by atoms with Crippen molar-refractivity contribution in [1.29, 1.82) is 0 Å². The zero-order valence-electron chi connectivity index (χ0n) is 26.3. The molecule has 0 radical (unpaired) electrons. The van der Waals surface area contributed by atoms with Gasteiger partial charge in [0.25, 0.3) is 5.92 Å². The maximum absolute atomic E-state index is 15.7. The minimum absolute atomic E-state index is 0.0156. The molecular formula is C32H39F6N3O5. The van der Waals surface area contributed by atoms with Crippen LogP contribution in [0.2, 0.25) is 0 Å². The number of nitrogens with zero attached hydrogens (tertiary/aromatic N) is 3. The lowest BCUT2D eigenvalue weighted by molar-refractivity contribution is -0.139. The van der Waals surface area contributed by atoms with Crippen molar-refractivity contribution in [1.82, 2.24) is 9.88 Å². The zero-order chi connectivity index (χ0) is 33.8. The summed E-state index contributed by atoms with van der Waals surface area (Å²) >= 11 is 0. The van der Waals surface area contributed by atoms with Gasteiger partial charge in [-0.1, -0.05) is 6.92 Å². The van der Waals surface area contributed by atoms with Gasteiger partial charge >= 0.3 is 12.1 Å². The molecule has 1 saturated carbocycles. The number of piperidine rings is 1. The van der Waals surface area contributed by atoms with E-state index < -0.39 is 53.7 Å². The average molecular weight is 660 g/mol. The first-order valence-corrected chi connectivity index (χ1v) is 15.2. The summed E-state index contributed by atoms with van der Waals surface area (Å²) in [5.74, 6) is -7.10. The van der Waals surface area contributed by atoms with E-state index in [-0.39, 0.29) is 61.2 Å². The van der Waals surface area contributed by atoms with Crippen molar-refractivity contribution in [3.63, 3.8) is 0 Å². The molecule has 1 saturated heterocycles. The van der Waals surface area contributed by atoms with Crippen molar-refractivity contribution in [3.05, 3.63) is 46.9 Å². The van der Waals surface area contributed by atoms with Crippen LogP contribution >= 0.6 is 0 Å². The van der Waals surface area contributed by atoms with Crippen LogP contribution in [-0.4, -0.2) is 67.6 Å². The molecule has 2 aromatic rings. The van der Waals surface area contributed by atoms with Crippen molar-refractivity contribution in [2.45, 2.75) is 77.1 Å². The molecule has 0 bridgehead atoms. The number of benzene rings is 1. The molecule has 1 aromatic heterocycles. The Bertz CT molecular complexity index is 1400. The van der Waals surface area contributed by atoms with E-state index in [1.807, 2.05) is 0 Å². The van der Waals surface area contributed by atoms with Gasteiger partial charge in [0.05, 0.1) is 37.6 Å². The molecule has 4 rings (SSSR count). The van der Waals surface area contributed by atoms with Gasteiger partial charge in [-0.2, -0.15) is 13.2 Å². The Balaban J connectivity index is 1.71. The molecule has 8 nitrogen and oxygen atoms in total. The van der Waals surface area contributed by atoms with Gasteiger partial charge in [0.1, 0.15) is 5.56 Å². The topological polar surface area (TPSA) is 81.2 Å². The van der Waals surface area contributed by atoms with Gasteiger partial charge in [0.2, 0.25) is 11.8 Å². The Morgan fingerprint density at radius 3 is 2.43 bits per heavy atom. The largest absolute Gasteiger partial charge is 0.465 e. The number of halogens is 6. The Morgan fingerprint density at radius 1 is 1.13 bits per heavy atom. The van der Waals surface area contributed by atoms with Gasteiger partial charge < -0.3 is 19.1 Å². The lowest BCUT2D eigenvalue weighted by atomic mass is 9.82. The van der Waals surface area contributed by atoms with Crippen LogP contribution in [0.1, 0.15) is 73.9 Å². The number of amides is 1. The summed E-state index contributed by atoms with van der Waals surface area (Å²) in [6.45, 7) is 3.30. The number of carbonyl (C=O) groups excluding carboxylic acids is 2. The molecule has 14 heteroatoms. The van der Waals surface area contributed by atoms with Crippen LogP contribution < -0.4 is 9.64 Å². The van der Waals surface area contributed by atoms with Crippen molar-refractivity contribution >= 4 is 17.6 Å². The van der Waals surface area contributed by atoms with E-state index in [0.29, 0.717) is 18.8 Å².